The summed E-state index contributed by atoms with van der Waals surface area (Å²) in [6.45, 7) is 9.61. The van der Waals surface area contributed by atoms with Crippen molar-refractivity contribution < 1.29 is 23.9 Å². The van der Waals surface area contributed by atoms with Crippen LogP contribution in [0.3, 0.4) is 0 Å². The van der Waals surface area contributed by atoms with Crippen molar-refractivity contribution in [2.75, 3.05) is 11.9 Å². The number of thiazole rings is 1. The summed E-state index contributed by atoms with van der Waals surface area (Å²) in [6, 6.07) is 4.76. The number of ketones is 1. The number of ether oxygens (including phenoxy) is 2. The van der Waals surface area contributed by atoms with E-state index < -0.39 is 17.5 Å². The third-order valence-corrected chi connectivity index (χ3v) is 5.32. The lowest BCUT2D eigenvalue weighted by molar-refractivity contribution is 0.0463. The fraction of sp³-hybridized carbons (Fsp3) is 0.429. The zero-order valence-electron chi connectivity index (χ0n) is 17.1. The zero-order valence-corrected chi connectivity index (χ0v) is 17.9. The molecule has 0 saturated carbocycles. The smallest absolute Gasteiger partial charge is 0.350 e. The minimum Gasteiger partial charge on any atom is -0.487 e. The van der Waals surface area contributed by atoms with Crippen LogP contribution in [-0.4, -0.2) is 34.9 Å². The van der Waals surface area contributed by atoms with Crippen LogP contribution in [0.15, 0.2) is 18.2 Å². The molecule has 0 saturated heterocycles. The van der Waals surface area contributed by atoms with Crippen LogP contribution in [0.4, 0.5) is 5.13 Å². The van der Waals surface area contributed by atoms with Gasteiger partial charge in [0.15, 0.2) is 10.9 Å². The predicted molar refractivity (Wildman–Crippen MR) is 110 cm³/mol. The second-order valence-electron chi connectivity index (χ2n) is 8.05. The first-order chi connectivity index (χ1) is 13.6. The highest BCUT2D eigenvalue weighted by Crippen LogP contribution is 2.33. The molecule has 1 aliphatic rings. The fourth-order valence-corrected chi connectivity index (χ4v) is 3.77. The van der Waals surface area contributed by atoms with E-state index in [-0.39, 0.29) is 18.1 Å². The summed E-state index contributed by atoms with van der Waals surface area (Å²) in [5, 5.41) is 2.98. The van der Waals surface area contributed by atoms with Gasteiger partial charge < -0.3 is 9.47 Å². The van der Waals surface area contributed by atoms with Crippen LogP contribution in [0.5, 0.6) is 5.75 Å². The third-order valence-electron chi connectivity index (χ3n) is 4.26. The monoisotopic (exact) mass is 416 g/mol. The number of nitrogens with one attached hydrogen (secondary N) is 1. The molecule has 0 spiro atoms. The summed E-state index contributed by atoms with van der Waals surface area (Å²) in [6.07, 6.45) is 0.249. The number of fused-ring (bicyclic) bond motifs is 1. The number of esters is 1. The second kappa shape index (κ2) is 7.94. The molecule has 0 unspecified atom stereocenters. The first-order valence-electron chi connectivity index (χ1n) is 9.38. The lowest BCUT2D eigenvalue weighted by Crippen LogP contribution is -2.36. The molecule has 0 radical (unpaired) electrons. The standard InChI is InChI=1S/C21H24N2O5S/c1-11(2)10-27-19(26)17-12(3)22-20(29-17)23-18(25)13-6-7-16-14(8-13)15(24)9-21(4,5)28-16/h6-8,11H,9-10H2,1-5H3,(H,22,23,25). The topological polar surface area (TPSA) is 94.6 Å². The average Bonchev–Trinajstić information content (AvgIpc) is 2.98. The highest BCUT2D eigenvalue weighted by molar-refractivity contribution is 7.17. The quantitative estimate of drug-likeness (QED) is 0.732. The van der Waals surface area contributed by atoms with Crippen LogP contribution in [0.2, 0.25) is 0 Å². The molecular formula is C21H24N2O5S. The van der Waals surface area contributed by atoms with Crippen molar-refractivity contribution in [3.63, 3.8) is 0 Å². The van der Waals surface area contributed by atoms with Gasteiger partial charge in [-0.3, -0.25) is 14.9 Å². The van der Waals surface area contributed by atoms with E-state index in [9.17, 15) is 14.4 Å². The van der Waals surface area contributed by atoms with E-state index in [0.29, 0.717) is 39.2 Å². The highest BCUT2D eigenvalue weighted by atomic mass is 32.1. The lowest BCUT2D eigenvalue weighted by Gasteiger charge is -2.31. The summed E-state index contributed by atoms with van der Waals surface area (Å²) >= 11 is 1.06. The molecule has 0 fully saturated rings. The van der Waals surface area contributed by atoms with Crippen LogP contribution in [0.1, 0.15) is 70.2 Å². The molecule has 1 aliphatic heterocycles. The van der Waals surface area contributed by atoms with E-state index in [1.54, 1.807) is 19.1 Å². The number of benzene rings is 1. The Bertz CT molecular complexity index is 977. The Morgan fingerprint density at radius 1 is 1.34 bits per heavy atom. The number of amides is 1. The number of aryl methyl sites for hydroxylation is 1. The molecular weight excluding hydrogens is 392 g/mol. The largest absolute Gasteiger partial charge is 0.487 e. The number of hydrogen-bond donors (Lipinski definition) is 1. The molecule has 8 heteroatoms. The van der Waals surface area contributed by atoms with Crippen molar-refractivity contribution in [2.45, 2.75) is 46.6 Å². The Morgan fingerprint density at radius 3 is 2.76 bits per heavy atom. The van der Waals surface area contributed by atoms with Gasteiger partial charge in [-0.25, -0.2) is 9.78 Å². The molecule has 1 N–H and O–H groups in total. The van der Waals surface area contributed by atoms with Crippen molar-refractivity contribution in [3.05, 3.63) is 39.9 Å². The first kappa shape index (κ1) is 21.0. The minimum atomic E-state index is -0.563. The number of aromatic nitrogens is 1. The van der Waals surface area contributed by atoms with Crippen LogP contribution >= 0.6 is 11.3 Å². The molecule has 0 atom stereocenters. The maximum atomic E-state index is 12.6. The maximum Gasteiger partial charge on any atom is 0.350 e. The van der Waals surface area contributed by atoms with Crippen molar-refractivity contribution >= 4 is 34.1 Å². The Morgan fingerprint density at radius 2 is 2.07 bits per heavy atom. The molecule has 0 aliphatic carbocycles. The van der Waals surface area contributed by atoms with Crippen molar-refractivity contribution in [2.24, 2.45) is 5.92 Å². The van der Waals surface area contributed by atoms with Gasteiger partial charge >= 0.3 is 5.97 Å². The molecule has 2 heterocycles. The van der Waals surface area contributed by atoms with E-state index in [4.69, 9.17) is 9.47 Å². The molecule has 1 aromatic carbocycles. The molecule has 0 bridgehead atoms. The Labute approximate surface area is 173 Å². The number of carbonyl (C=O) groups is 3. The van der Waals surface area contributed by atoms with Gasteiger partial charge in [-0.2, -0.15) is 0 Å². The number of anilines is 1. The number of rotatable bonds is 5. The molecule has 154 valence electrons. The second-order valence-corrected chi connectivity index (χ2v) is 9.05. The van der Waals surface area contributed by atoms with E-state index in [1.165, 1.54) is 6.07 Å². The Hall–Kier alpha value is -2.74. The summed E-state index contributed by atoms with van der Waals surface area (Å²) in [7, 11) is 0. The van der Waals surface area contributed by atoms with Gasteiger partial charge in [0, 0.05) is 5.56 Å². The zero-order chi connectivity index (χ0) is 21.3. The number of carbonyl (C=O) groups excluding carboxylic acids is 3. The van der Waals surface area contributed by atoms with Crippen molar-refractivity contribution in [1.29, 1.82) is 0 Å². The Balaban J connectivity index is 1.75. The van der Waals surface area contributed by atoms with E-state index in [0.717, 1.165) is 11.3 Å². The third kappa shape index (κ3) is 4.82. The Kier molecular flexibility index (Phi) is 5.75. The van der Waals surface area contributed by atoms with Crippen LogP contribution in [-0.2, 0) is 4.74 Å². The summed E-state index contributed by atoms with van der Waals surface area (Å²) < 4.78 is 11.0. The molecule has 1 aromatic heterocycles. The number of Topliss-reactive ketones (excluding diaryl/α,β-unsaturated/α-hetero) is 1. The van der Waals surface area contributed by atoms with Crippen molar-refractivity contribution in [3.8, 4) is 5.75 Å². The number of hydrogen-bond acceptors (Lipinski definition) is 7. The molecule has 3 rings (SSSR count). The maximum absolute atomic E-state index is 12.6. The average molecular weight is 416 g/mol. The van der Waals surface area contributed by atoms with Gasteiger partial charge in [-0.15, -0.1) is 0 Å². The van der Waals surface area contributed by atoms with Gasteiger partial charge in [0.2, 0.25) is 0 Å². The lowest BCUT2D eigenvalue weighted by atomic mass is 9.92. The number of nitrogens with zero attached hydrogens (tertiary/aromatic N) is 1. The van der Waals surface area contributed by atoms with Gasteiger partial charge in [0.05, 0.1) is 24.3 Å². The minimum absolute atomic E-state index is 0.0637. The van der Waals surface area contributed by atoms with E-state index in [2.05, 4.69) is 10.3 Å². The SMILES string of the molecule is Cc1nc(NC(=O)c2ccc3c(c2)C(=O)CC(C)(C)O3)sc1C(=O)OCC(C)C. The summed E-state index contributed by atoms with van der Waals surface area (Å²) in [5.74, 6) is -0.225. The van der Waals surface area contributed by atoms with Crippen molar-refractivity contribution in [1.82, 2.24) is 4.98 Å². The predicted octanol–water partition coefficient (Wildman–Crippen LogP) is 4.26. The summed E-state index contributed by atoms with van der Waals surface area (Å²) in [4.78, 5) is 41.8. The molecule has 2 aromatic rings. The van der Waals surface area contributed by atoms with Crippen LogP contribution in [0.25, 0.3) is 0 Å². The molecule has 1 amide bonds. The first-order valence-corrected chi connectivity index (χ1v) is 10.2. The molecule has 29 heavy (non-hydrogen) atoms. The van der Waals surface area contributed by atoms with Crippen LogP contribution < -0.4 is 10.1 Å². The van der Waals surface area contributed by atoms with E-state index in [1.807, 2.05) is 27.7 Å². The highest BCUT2D eigenvalue weighted by Gasteiger charge is 2.33. The van der Waals surface area contributed by atoms with Crippen LogP contribution in [0, 0.1) is 12.8 Å². The fourth-order valence-electron chi connectivity index (χ4n) is 2.91. The van der Waals surface area contributed by atoms with Gasteiger partial charge in [-0.05, 0) is 44.9 Å². The van der Waals surface area contributed by atoms with Gasteiger partial charge in [0.25, 0.3) is 5.91 Å². The summed E-state index contributed by atoms with van der Waals surface area (Å²) in [5.41, 5.74) is 0.644. The normalized spacial score (nSPS) is 14.9. The van der Waals surface area contributed by atoms with E-state index >= 15 is 0 Å². The van der Waals surface area contributed by atoms with Gasteiger partial charge in [-0.1, -0.05) is 25.2 Å². The van der Waals surface area contributed by atoms with Gasteiger partial charge in [0.1, 0.15) is 16.2 Å². The molecule has 7 nitrogen and oxygen atoms in total.